The van der Waals surface area contributed by atoms with Crippen LogP contribution in [0.1, 0.15) is 28.8 Å². The minimum atomic E-state index is -0.0264. The number of para-hydroxylation sites is 1. The summed E-state index contributed by atoms with van der Waals surface area (Å²) in [5.41, 5.74) is 5.30. The molecule has 4 rings (SSSR count). The molecule has 2 aromatic carbocycles. The Morgan fingerprint density at radius 3 is 2.59 bits per heavy atom. The first-order valence-corrected chi connectivity index (χ1v) is 9.72. The molecule has 0 bridgehead atoms. The zero-order valence-electron chi connectivity index (χ0n) is 15.2. The van der Waals surface area contributed by atoms with Crippen LogP contribution in [0.2, 0.25) is 0 Å². The van der Waals surface area contributed by atoms with Gasteiger partial charge in [0.25, 0.3) is 5.56 Å². The fraction of sp³-hybridized carbons (Fsp3) is 0.130. The Morgan fingerprint density at radius 2 is 1.89 bits per heavy atom. The van der Waals surface area contributed by atoms with Crippen LogP contribution in [-0.4, -0.2) is 9.55 Å². The van der Waals surface area contributed by atoms with E-state index in [0.717, 1.165) is 39.3 Å². The summed E-state index contributed by atoms with van der Waals surface area (Å²) in [4.78, 5) is 18.6. The van der Waals surface area contributed by atoms with Gasteiger partial charge in [0.2, 0.25) is 0 Å². The minimum absolute atomic E-state index is 0.0264. The summed E-state index contributed by atoms with van der Waals surface area (Å²) in [5, 5.41) is 1.59. The van der Waals surface area contributed by atoms with Crippen molar-refractivity contribution in [3.63, 3.8) is 0 Å². The number of rotatable bonds is 2. The molecule has 3 nitrogen and oxygen atoms in total. The predicted octanol–water partition coefficient (Wildman–Crippen LogP) is 4.72. The highest BCUT2D eigenvalue weighted by atomic mass is 32.1. The molecular formula is C23H18N2OS. The Balaban J connectivity index is 1.99. The number of thiazole rings is 1. The van der Waals surface area contributed by atoms with Crippen LogP contribution in [0.3, 0.4) is 0 Å². The van der Waals surface area contributed by atoms with Gasteiger partial charge in [-0.05, 0) is 48.9 Å². The molecule has 0 saturated heterocycles. The van der Waals surface area contributed by atoms with E-state index < -0.39 is 0 Å². The SMILES string of the molecule is CCc1cc2cccc(C#Cc3scnc3C)c2c(=O)n1-c1ccccc1. The molecular weight excluding hydrogens is 352 g/mol. The zero-order chi connectivity index (χ0) is 18.8. The molecule has 0 fully saturated rings. The topological polar surface area (TPSA) is 34.9 Å². The number of aryl methyl sites for hydroxylation is 2. The molecule has 4 heteroatoms. The normalized spacial score (nSPS) is 10.6. The van der Waals surface area contributed by atoms with Crippen LogP contribution in [-0.2, 0) is 6.42 Å². The van der Waals surface area contributed by atoms with Crippen molar-refractivity contribution >= 4 is 22.1 Å². The fourth-order valence-corrected chi connectivity index (χ4v) is 3.84. The molecule has 0 aliphatic heterocycles. The Labute approximate surface area is 162 Å². The van der Waals surface area contributed by atoms with E-state index in [1.54, 1.807) is 10.1 Å². The number of pyridine rings is 1. The van der Waals surface area contributed by atoms with Crippen molar-refractivity contribution in [1.82, 2.24) is 9.55 Å². The summed E-state index contributed by atoms with van der Waals surface area (Å²) in [7, 11) is 0. The lowest BCUT2D eigenvalue weighted by Crippen LogP contribution is -2.22. The fourth-order valence-electron chi connectivity index (χ4n) is 3.19. The van der Waals surface area contributed by atoms with E-state index in [4.69, 9.17) is 0 Å². The first-order valence-electron chi connectivity index (χ1n) is 8.84. The van der Waals surface area contributed by atoms with Gasteiger partial charge < -0.3 is 0 Å². The van der Waals surface area contributed by atoms with Crippen LogP contribution in [0.15, 0.2) is 64.9 Å². The number of nitrogens with zero attached hydrogens (tertiary/aromatic N) is 2. The second kappa shape index (κ2) is 7.22. The molecule has 0 atom stereocenters. The lowest BCUT2D eigenvalue weighted by atomic mass is 10.0. The third-order valence-corrected chi connectivity index (χ3v) is 5.40. The largest absolute Gasteiger partial charge is 0.281 e. The second-order valence-corrected chi connectivity index (χ2v) is 7.11. The summed E-state index contributed by atoms with van der Waals surface area (Å²) < 4.78 is 1.80. The van der Waals surface area contributed by atoms with Gasteiger partial charge in [0.15, 0.2) is 0 Å². The van der Waals surface area contributed by atoms with E-state index in [0.29, 0.717) is 5.39 Å². The second-order valence-electron chi connectivity index (χ2n) is 6.25. The molecule has 0 radical (unpaired) electrons. The average Bonchev–Trinajstić information content (AvgIpc) is 3.11. The van der Waals surface area contributed by atoms with E-state index in [1.807, 2.05) is 55.5 Å². The first-order chi connectivity index (χ1) is 13.2. The lowest BCUT2D eigenvalue weighted by Gasteiger charge is -2.14. The van der Waals surface area contributed by atoms with Gasteiger partial charge in [-0.25, -0.2) is 4.98 Å². The van der Waals surface area contributed by atoms with Crippen LogP contribution in [0, 0.1) is 18.8 Å². The highest BCUT2D eigenvalue weighted by Gasteiger charge is 2.12. The van der Waals surface area contributed by atoms with Crippen molar-refractivity contribution in [1.29, 1.82) is 0 Å². The van der Waals surface area contributed by atoms with Gasteiger partial charge in [0.05, 0.1) is 21.5 Å². The molecule has 132 valence electrons. The van der Waals surface area contributed by atoms with Gasteiger partial charge in [0, 0.05) is 16.9 Å². The Kier molecular flexibility index (Phi) is 4.62. The third kappa shape index (κ3) is 3.18. The summed E-state index contributed by atoms with van der Waals surface area (Å²) >= 11 is 1.52. The molecule has 4 aromatic rings. The smallest absolute Gasteiger partial charge is 0.264 e. The number of aromatic nitrogens is 2. The van der Waals surface area contributed by atoms with Gasteiger partial charge >= 0.3 is 0 Å². The van der Waals surface area contributed by atoms with Crippen LogP contribution in [0.5, 0.6) is 0 Å². The van der Waals surface area contributed by atoms with Crippen LogP contribution < -0.4 is 5.56 Å². The summed E-state index contributed by atoms with van der Waals surface area (Å²) in [5.74, 6) is 6.37. The Morgan fingerprint density at radius 1 is 1.07 bits per heavy atom. The van der Waals surface area contributed by atoms with Crippen LogP contribution in [0.25, 0.3) is 16.5 Å². The van der Waals surface area contributed by atoms with Gasteiger partial charge in [0.1, 0.15) is 0 Å². The van der Waals surface area contributed by atoms with Gasteiger partial charge in [-0.15, -0.1) is 11.3 Å². The molecule has 2 heterocycles. The first kappa shape index (κ1) is 17.3. The van der Waals surface area contributed by atoms with Crippen molar-refractivity contribution in [3.05, 3.63) is 92.3 Å². The maximum atomic E-state index is 13.4. The van der Waals surface area contributed by atoms with E-state index >= 15 is 0 Å². The van der Waals surface area contributed by atoms with Crippen molar-refractivity contribution in [2.75, 3.05) is 0 Å². The maximum absolute atomic E-state index is 13.4. The summed E-state index contributed by atoms with van der Waals surface area (Å²) in [6, 6.07) is 17.7. The van der Waals surface area contributed by atoms with E-state index in [9.17, 15) is 4.79 Å². The number of hydrogen-bond acceptors (Lipinski definition) is 3. The maximum Gasteiger partial charge on any atom is 0.264 e. The van der Waals surface area contributed by atoms with Crippen molar-refractivity contribution in [2.45, 2.75) is 20.3 Å². The highest BCUT2D eigenvalue weighted by Crippen LogP contribution is 2.20. The highest BCUT2D eigenvalue weighted by molar-refractivity contribution is 7.10. The molecule has 0 unspecified atom stereocenters. The quantitative estimate of drug-likeness (QED) is 0.479. The monoisotopic (exact) mass is 370 g/mol. The van der Waals surface area contributed by atoms with Gasteiger partial charge in [-0.1, -0.05) is 43.2 Å². The van der Waals surface area contributed by atoms with Crippen LogP contribution >= 0.6 is 11.3 Å². The summed E-state index contributed by atoms with van der Waals surface area (Å²) in [6.45, 7) is 4.01. The van der Waals surface area contributed by atoms with E-state index in [-0.39, 0.29) is 5.56 Å². The molecule has 0 saturated carbocycles. The van der Waals surface area contributed by atoms with Crippen LogP contribution in [0.4, 0.5) is 0 Å². The standard InChI is InChI=1S/C23H18N2OS/c1-3-19-14-18-9-7-8-17(12-13-21-16(2)24-15-27-21)22(18)23(26)25(19)20-10-5-4-6-11-20/h4-11,14-15H,3H2,1-2H3. The van der Waals surface area contributed by atoms with E-state index in [2.05, 4.69) is 29.8 Å². The zero-order valence-corrected chi connectivity index (χ0v) is 16.0. The Bertz CT molecular complexity index is 1240. The lowest BCUT2D eigenvalue weighted by molar-refractivity contribution is 0.889. The number of hydrogen-bond donors (Lipinski definition) is 0. The molecule has 27 heavy (non-hydrogen) atoms. The number of benzene rings is 2. The average molecular weight is 370 g/mol. The molecule has 0 amide bonds. The van der Waals surface area contributed by atoms with Gasteiger partial charge in [-0.3, -0.25) is 9.36 Å². The van der Waals surface area contributed by atoms with Crippen molar-refractivity contribution in [2.24, 2.45) is 0 Å². The van der Waals surface area contributed by atoms with E-state index in [1.165, 1.54) is 11.3 Å². The van der Waals surface area contributed by atoms with Crippen molar-refractivity contribution < 1.29 is 0 Å². The molecule has 2 aromatic heterocycles. The third-order valence-electron chi connectivity index (χ3n) is 4.56. The minimum Gasteiger partial charge on any atom is -0.281 e. The predicted molar refractivity (Wildman–Crippen MR) is 112 cm³/mol. The molecule has 0 spiro atoms. The molecule has 0 aliphatic rings. The number of fused-ring (bicyclic) bond motifs is 1. The van der Waals surface area contributed by atoms with Crippen molar-refractivity contribution in [3.8, 4) is 17.5 Å². The Hall–Kier alpha value is -3.16. The molecule has 0 aliphatic carbocycles. The summed E-state index contributed by atoms with van der Waals surface area (Å²) in [6.07, 6.45) is 0.774. The van der Waals surface area contributed by atoms with Gasteiger partial charge in [-0.2, -0.15) is 0 Å². The molecule has 0 N–H and O–H groups in total.